The molecule has 0 fully saturated rings. The molecule has 3 aromatic rings. The molecule has 1 heterocycles. The van der Waals surface area contributed by atoms with Crippen LogP contribution in [0.25, 0.3) is 0 Å². The Bertz CT molecular complexity index is 671. The van der Waals surface area contributed by atoms with Gasteiger partial charge < -0.3 is 9.88 Å². The summed E-state index contributed by atoms with van der Waals surface area (Å²) in [5, 5.41) is 3.52. The van der Waals surface area contributed by atoms with Gasteiger partial charge in [0.1, 0.15) is 0 Å². The number of nitrogens with one attached hydrogen (secondary N) is 1. The molecule has 0 saturated carbocycles. The van der Waals surface area contributed by atoms with E-state index in [-0.39, 0.29) is 0 Å². The summed E-state index contributed by atoms with van der Waals surface area (Å²) in [6.07, 6.45) is 3.21. The molecule has 3 rings (SSSR count). The molecular weight excluding hydrogens is 268 g/mol. The SMILES string of the molecule is c1ccc(CNCCc2cccn2Cc2ccccc2)cc1. The van der Waals surface area contributed by atoms with Crippen LogP contribution in [0.3, 0.4) is 0 Å². The third-order valence-corrected chi connectivity index (χ3v) is 3.85. The number of hydrogen-bond donors (Lipinski definition) is 1. The van der Waals surface area contributed by atoms with Gasteiger partial charge >= 0.3 is 0 Å². The second kappa shape index (κ2) is 7.62. The van der Waals surface area contributed by atoms with Crippen molar-refractivity contribution in [2.75, 3.05) is 6.54 Å². The first kappa shape index (κ1) is 14.6. The van der Waals surface area contributed by atoms with Gasteiger partial charge in [0, 0.05) is 37.9 Å². The van der Waals surface area contributed by atoms with Crippen LogP contribution in [0.2, 0.25) is 0 Å². The number of aromatic nitrogens is 1. The van der Waals surface area contributed by atoms with Gasteiger partial charge in [0.15, 0.2) is 0 Å². The van der Waals surface area contributed by atoms with Gasteiger partial charge in [0.25, 0.3) is 0 Å². The van der Waals surface area contributed by atoms with Gasteiger partial charge in [-0.15, -0.1) is 0 Å². The van der Waals surface area contributed by atoms with E-state index in [9.17, 15) is 0 Å². The summed E-state index contributed by atoms with van der Waals surface area (Å²) < 4.78 is 2.33. The van der Waals surface area contributed by atoms with Gasteiger partial charge in [-0.05, 0) is 23.3 Å². The van der Waals surface area contributed by atoms with E-state index in [0.29, 0.717) is 0 Å². The lowest BCUT2D eigenvalue weighted by Crippen LogP contribution is -2.18. The molecule has 0 aliphatic heterocycles. The minimum absolute atomic E-state index is 0.931. The molecule has 0 saturated heterocycles. The van der Waals surface area contributed by atoms with E-state index >= 15 is 0 Å². The highest BCUT2D eigenvalue weighted by atomic mass is 15.0. The fourth-order valence-corrected chi connectivity index (χ4v) is 2.66. The molecule has 2 heteroatoms. The number of rotatable bonds is 7. The van der Waals surface area contributed by atoms with E-state index in [1.165, 1.54) is 16.8 Å². The van der Waals surface area contributed by atoms with Crippen LogP contribution in [0.1, 0.15) is 16.8 Å². The zero-order valence-electron chi connectivity index (χ0n) is 12.8. The number of nitrogens with zero attached hydrogens (tertiary/aromatic N) is 1. The standard InChI is InChI=1S/C20H22N2/c1-3-8-18(9-4-1)16-21-14-13-20-12-7-15-22(20)17-19-10-5-2-6-11-19/h1-12,15,21H,13-14,16-17H2. The summed E-state index contributed by atoms with van der Waals surface area (Å²) in [4.78, 5) is 0. The van der Waals surface area contributed by atoms with Gasteiger partial charge in [0.2, 0.25) is 0 Å². The lowest BCUT2D eigenvalue weighted by atomic mass is 10.2. The largest absolute Gasteiger partial charge is 0.347 e. The predicted octanol–water partition coefficient (Wildman–Crippen LogP) is 3.87. The lowest BCUT2D eigenvalue weighted by Gasteiger charge is -2.10. The molecule has 0 amide bonds. The third-order valence-electron chi connectivity index (χ3n) is 3.85. The van der Waals surface area contributed by atoms with Crippen LogP contribution in [0.15, 0.2) is 79.0 Å². The van der Waals surface area contributed by atoms with Crippen LogP contribution >= 0.6 is 0 Å². The Balaban J connectivity index is 1.50. The van der Waals surface area contributed by atoms with E-state index in [0.717, 1.165) is 26.1 Å². The summed E-state index contributed by atoms with van der Waals surface area (Å²) >= 11 is 0. The zero-order chi connectivity index (χ0) is 15.0. The molecule has 0 radical (unpaired) electrons. The van der Waals surface area contributed by atoms with Crippen molar-refractivity contribution in [3.63, 3.8) is 0 Å². The smallest absolute Gasteiger partial charge is 0.0472 e. The van der Waals surface area contributed by atoms with Crippen molar-refractivity contribution in [3.05, 3.63) is 95.8 Å². The topological polar surface area (TPSA) is 17.0 Å². The molecule has 1 aromatic heterocycles. The Morgan fingerprint density at radius 2 is 1.41 bits per heavy atom. The molecule has 0 aliphatic carbocycles. The quantitative estimate of drug-likeness (QED) is 0.654. The molecular formula is C20H22N2. The van der Waals surface area contributed by atoms with E-state index < -0.39 is 0 Å². The minimum atomic E-state index is 0.931. The van der Waals surface area contributed by atoms with Gasteiger partial charge in [-0.3, -0.25) is 0 Å². The fraction of sp³-hybridized carbons (Fsp3) is 0.200. The Hall–Kier alpha value is -2.32. The highest BCUT2D eigenvalue weighted by Crippen LogP contribution is 2.08. The van der Waals surface area contributed by atoms with E-state index in [2.05, 4.69) is 88.9 Å². The minimum Gasteiger partial charge on any atom is -0.347 e. The third kappa shape index (κ3) is 4.09. The van der Waals surface area contributed by atoms with Crippen molar-refractivity contribution in [1.82, 2.24) is 9.88 Å². The Morgan fingerprint density at radius 3 is 2.14 bits per heavy atom. The van der Waals surface area contributed by atoms with Crippen LogP contribution in [0.5, 0.6) is 0 Å². The molecule has 0 atom stereocenters. The summed E-state index contributed by atoms with van der Waals surface area (Å²) in [5.41, 5.74) is 4.06. The van der Waals surface area contributed by atoms with Crippen LogP contribution in [-0.4, -0.2) is 11.1 Å². The lowest BCUT2D eigenvalue weighted by molar-refractivity contribution is 0.653. The van der Waals surface area contributed by atoms with Gasteiger partial charge in [-0.2, -0.15) is 0 Å². The number of benzene rings is 2. The second-order valence-electron chi connectivity index (χ2n) is 5.53. The van der Waals surface area contributed by atoms with Crippen LogP contribution < -0.4 is 5.32 Å². The predicted molar refractivity (Wildman–Crippen MR) is 91.8 cm³/mol. The Labute approximate surface area is 132 Å². The zero-order valence-corrected chi connectivity index (χ0v) is 12.8. The molecule has 2 aromatic carbocycles. The molecule has 0 bridgehead atoms. The maximum atomic E-state index is 3.52. The highest BCUT2D eigenvalue weighted by molar-refractivity contribution is 5.18. The van der Waals surface area contributed by atoms with Crippen molar-refractivity contribution in [2.45, 2.75) is 19.5 Å². The monoisotopic (exact) mass is 290 g/mol. The fourth-order valence-electron chi connectivity index (χ4n) is 2.66. The van der Waals surface area contributed by atoms with E-state index in [1.807, 2.05) is 0 Å². The molecule has 22 heavy (non-hydrogen) atoms. The maximum Gasteiger partial charge on any atom is 0.0472 e. The Morgan fingerprint density at radius 1 is 0.727 bits per heavy atom. The average Bonchev–Trinajstić information content (AvgIpc) is 3.01. The van der Waals surface area contributed by atoms with Gasteiger partial charge in [-0.25, -0.2) is 0 Å². The maximum absolute atomic E-state index is 3.52. The molecule has 0 unspecified atom stereocenters. The molecule has 1 N–H and O–H groups in total. The summed E-state index contributed by atoms with van der Waals surface area (Å²) in [7, 11) is 0. The summed E-state index contributed by atoms with van der Waals surface area (Å²) in [6, 6.07) is 25.5. The summed E-state index contributed by atoms with van der Waals surface area (Å²) in [5.74, 6) is 0. The average molecular weight is 290 g/mol. The van der Waals surface area contributed by atoms with Crippen molar-refractivity contribution in [2.24, 2.45) is 0 Å². The molecule has 0 aliphatic rings. The first-order valence-electron chi connectivity index (χ1n) is 7.84. The van der Waals surface area contributed by atoms with Crippen molar-refractivity contribution in [3.8, 4) is 0 Å². The van der Waals surface area contributed by atoms with E-state index in [1.54, 1.807) is 0 Å². The first-order valence-corrected chi connectivity index (χ1v) is 7.84. The van der Waals surface area contributed by atoms with Gasteiger partial charge in [-0.1, -0.05) is 60.7 Å². The highest BCUT2D eigenvalue weighted by Gasteiger charge is 2.01. The first-order chi connectivity index (χ1) is 10.9. The number of hydrogen-bond acceptors (Lipinski definition) is 1. The van der Waals surface area contributed by atoms with Crippen LogP contribution in [-0.2, 0) is 19.5 Å². The molecule has 112 valence electrons. The van der Waals surface area contributed by atoms with E-state index in [4.69, 9.17) is 0 Å². The normalized spacial score (nSPS) is 10.7. The van der Waals surface area contributed by atoms with Crippen LogP contribution in [0.4, 0.5) is 0 Å². The molecule has 0 spiro atoms. The van der Waals surface area contributed by atoms with Crippen molar-refractivity contribution >= 4 is 0 Å². The van der Waals surface area contributed by atoms with Crippen molar-refractivity contribution < 1.29 is 0 Å². The summed E-state index contributed by atoms with van der Waals surface area (Å²) in [6.45, 7) is 2.87. The van der Waals surface area contributed by atoms with Gasteiger partial charge in [0.05, 0.1) is 0 Å². The second-order valence-corrected chi connectivity index (χ2v) is 5.53. The molecule has 2 nitrogen and oxygen atoms in total. The Kier molecular flexibility index (Phi) is 5.06. The van der Waals surface area contributed by atoms with Crippen LogP contribution in [0, 0.1) is 0 Å². The van der Waals surface area contributed by atoms with Crippen molar-refractivity contribution in [1.29, 1.82) is 0 Å².